The second kappa shape index (κ2) is 10.0. The molecule has 1 aliphatic heterocycles. The normalized spacial score (nSPS) is 16.8. The van der Waals surface area contributed by atoms with Gasteiger partial charge in [0.05, 0.1) is 6.04 Å². The van der Waals surface area contributed by atoms with E-state index < -0.39 is 0 Å². The molecule has 0 bridgehead atoms. The fraction of sp³-hybridized carbons (Fsp3) is 0.615. The third-order valence-corrected chi connectivity index (χ3v) is 5.41. The van der Waals surface area contributed by atoms with Gasteiger partial charge < -0.3 is 10.6 Å². The lowest BCUT2D eigenvalue weighted by Gasteiger charge is -2.35. The van der Waals surface area contributed by atoms with Crippen molar-refractivity contribution in [2.24, 2.45) is 5.73 Å². The van der Waals surface area contributed by atoms with E-state index in [0.717, 1.165) is 32.7 Å². The Hall–Kier alpha value is 0.150. The zero-order chi connectivity index (χ0) is 13.8. The van der Waals surface area contributed by atoms with Gasteiger partial charge >= 0.3 is 0 Å². The van der Waals surface area contributed by atoms with Gasteiger partial charge in [-0.15, -0.1) is 36.2 Å². The summed E-state index contributed by atoms with van der Waals surface area (Å²) in [5, 5.41) is 2.10. The SMILES string of the molecule is CCC(N)C(=O)N1CCN(Cc2sccc2Br)CC1.Cl.Cl. The first-order valence-corrected chi connectivity index (χ1v) is 8.27. The number of nitrogens with zero attached hydrogens (tertiary/aromatic N) is 2. The Labute approximate surface area is 151 Å². The van der Waals surface area contributed by atoms with Gasteiger partial charge in [0.2, 0.25) is 5.91 Å². The van der Waals surface area contributed by atoms with Gasteiger partial charge in [0.25, 0.3) is 0 Å². The van der Waals surface area contributed by atoms with Crippen molar-refractivity contribution in [2.75, 3.05) is 26.2 Å². The van der Waals surface area contributed by atoms with E-state index in [0.29, 0.717) is 6.42 Å². The zero-order valence-corrected chi connectivity index (χ0v) is 16.0. The van der Waals surface area contributed by atoms with Gasteiger partial charge in [-0.2, -0.15) is 0 Å². The first kappa shape index (κ1) is 21.1. The van der Waals surface area contributed by atoms with Gasteiger partial charge in [0, 0.05) is 42.1 Å². The van der Waals surface area contributed by atoms with Crippen LogP contribution < -0.4 is 5.73 Å². The molecule has 0 aliphatic carbocycles. The molecule has 1 aromatic rings. The first-order chi connectivity index (χ1) is 9.11. The molecule has 2 heterocycles. The number of piperazine rings is 1. The van der Waals surface area contributed by atoms with Gasteiger partial charge in [0.15, 0.2) is 0 Å². The van der Waals surface area contributed by atoms with Crippen LogP contribution in [0.25, 0.3) is 0 Å². The van der Waals surface area contributed by atoms with Crippen LogP contribution in [0.1, 0.15) is 18.2 Å². The van der Waals surface area contributed by atoms with Crippen LogP contribution in [0.5, 0.6) is 0 Å². The van der Waals surface area contributed by atoms with Gasteiger partial charge in [-0.25, -0.2) is 0 Å². The number of carbonyl (C=O) groups excluding carboxylic acids is 1. The topological polar surface area (TPSA) is 49.6 Å². The minimum absolute atomic E-state index is 0. The molecular formula is C13H22BrCl2N3OS. The van der Waals surface area contributed by atoms with Gasteiger partial charge in [0.1, 0.15) is 0 Å². The Morgan fingerprint density at radius 1 is 1.38 bits per heavy atom. The maximum Gasteiger partial charge on any atom is 0.239 e. The highest BCUT2D eigenvalue weighted by atomic mass is 79.9. The minimum atomic E-state index is -0.335. The van der Waals surface area contributed by atoms with Crippen molar-refractivity contribution >= 4 is 58.0 Å². The molecule has 1 fully saturated rings. The lowest BCUT2D eigenvalue weighted by atomic mass is 10.2. The number of hydrogen-bond donors (Lipinski definition) is 1. The summed E-state index contributed by atoms with van der Waals surface area (Å²) in [6.45, 7) is 6.33. The van der Waals surface area contributed by atoms with Crippen molar-refractivity contribution in [3.63, 3.8) is 0 Å². The van der Waals surface area contributed by atoms with E-state index in [-0.39, 0.29) is 36.8 Å². The molecule has 1 atom stereocenters. The summed E-state index contributed by atoms with van der Waals surface area (Å²) < 4.78 is 1.18. The second-order valence-corrected chi connectivity index (χ2v) is 6.66. The van der Waals surface area contributed by atoms with Crippen LogP contribution in [0.3, 0.4) is 0 Å². The highest BCUT2D eigenvalue weighted by Crippen LogP contribution is 2.24. The van der Waals surface area contributed by atoms with Crippen molar-refractivity contribution in [1.82, 2.24) is 9.80 Å². The summed E-state index contributed by atoms with van der Waals surface area (Å²) in [5.74, 6) is 0.0967. The molecule has 0 spiro atoms. The number of nitrogens with two attached hydrogens (primary N) is 1. The van der Waals surface area contributed by atoms with Crippen LogP contribution in [0.2, 0.25) is 0 Å². The third kappa shape index (κ3) is 5.69. The van der Waals surface area contributed by atoms with Crippen LogP contribution in [-0.4, -0.2) is 47.9 Å². The molecule has 0 radical (unpaired) electrons. The Morgan fingerprint density at radius 2 is 2.00 bits per heavy atom. The monoisotopic (exact) mass is 417 g/mol. The predicted molar refractivity (Wildman–Crippen MR) is 96.6 cm³/mol. The quantitative estimate of drug-likeness (QED) is 0.817. The number of rotatable bonds is 4. The Balaban J connectivity index is 0.00000200. The molecule has 1 amide bonds. The molecule has 1 aliphatic rings. The Morgan fingerprint density at radius 3 is 2.48 bits per heavy atom. The first-order valence-electron chi connectivity index (χ1n) is 6.60. The molecule has 122 valence electrons. The van der Waals surface area contributed by atoms with Gasteiger partial charge in [-0.05, 0) is 33.8 Å². The van der Waals surface area contributed by atoms with E-state index in [4.69, 9.17) is 5.73 Å². The van der Waals surface area contributed by atoms with Crippen molar-refractivity contribution in [3.05, 3.63) is 20.8 Å². The van der Waals surface area contributed by atoms with E-state index in [1.165, 1.54) is 9.35 Å². The zero-order valence-electron chi connectivity index (χ0n) is 12.0. The van der Waals surface area contributed by atoms with Crippen molar-refractivity contribution in [2.45, 2.75) is 25.9 Å². The lowest BCUT2D eigenvalue weighted by Crippen LogP contribution is -2.52. The largest absolute Gasteiger partial charge is 0.339 e. The average molecular weight is 419 g/mol. The van der Waals surface area contributed by atoms with Gasteiger partial charge in [-0.1, -0.05) is 6.92 Å². The molecule has 2 N–H and O–H groups in total. The molecule has 1 aromatic heterocycles. The molecule has 8 heteroatoms. The fourth-order valence-electron chi connectivity index (χ4n) is 2.18. The van der Waals surface area contributed by atoms with Crippen LogP contribution in [-0.2, 0) is 11.3 Å². The maximum atomic E-state index is 12.0. The lowest BCUT2D eigenvalue weighted by molar-refractivity contribution is -0.134. The number of hydrogen-bond acceptors (Lipinski definition) is 4. The molecule has 21 heavy (non-hydrogen) atoms. The Kier molecular flexibility index (Phi) is 10.1. The maximum absolute atomic E-state index is 12.0. The average Bonchev–Trinajstić information content (AvgIpc) is 2.83. The molecule has 1 saturated heterocycles. The highest BCUT2D eigenvalue weighted by molar-refractivity contribution is 9.10. The van der Waals surface area contributed by atoms with E-state index in [1.54, 1.807) is 11.3 Å². The minimum Gasteiger partial charge on any atom is -0.339 e. The van der Waals surface area contributed by atoms with E-state index in [9.17, 15) is 4.79 Å². The Bertz CT molecular complexity index is 439. The van der Waals surface area contributed by atoms with Crippen LogP contribution in [0, 0.1) is 0 Å². The predicted octanol–water partition coefficient (Wildman–Crippen LogP) is 2.74. The molecule has 1 unspecified atom stereocenters. The molecule has 2 rings (SSSR count). The number of thiophene rings is 1. The second-order valence-electron chi connectivity index (χ2n) is 4.81. The van der Waals surface area contributed by atoms with Crippen molar-refractivity contribution < 1.29 is 4.79 Å². The summed E-state index contributed by atoms with van der Waals surface area (Å²) >= 11 is 5.33. The third-order valence-electron chi connectivity index (χ3n) is 3.50. The van der Waals surface area contributed by atoms with Crippen molar-refractivity contribution in [1.29, 1.82) is 0 Å². The number of carbonyl (C=O) groups is 1. The van der Waals surface area contributed by atoms with Crippen LogP contribution >= 0.6 is 52.1 Å². The fourth-order valence-corrected chi connectivity index (χ4v) is 3.70. The summed E-state index contributed by atoms with van der Waals surface area (Å²) in [6, 6.07) is 1.75. The highest BCUT2D eigenvalue weighted by Gasteiger charge is 2.24. The van der Waals surface area contributed by atoms with Crippen LogP contribution in [0.15, 0.2) is 15.9 Å². The molecule has 0 aromatic carbocycles. The molecule has 4 nitrogen and oxygen atoms in total. The summed E-state index contributed by atoms with van der Waals surface area (Å²) in [5.41, 5.74) is 5.80. The van der Waals surface area contributed by atoms with Crippen LogP contribution in [0.4, 0.5) is 0 Å². The number of halogens is 3. The molecule has 0 saturated carbocycles. The van der Waals surface area contributed by atoms with E-state index in [1.807, 2.05) is 11.8 Å². The van der Waals surface area contributed by atoms with Crippen molar-refractivity contribution in [3.8, 4) is 0 Å². The summed E-state index contributed by atoms with van der Waals surface area (Å²) in [6.07, 6.45) is 0.710. The summed E-state index contributed by atoms with van der Waals surface area (Å²) in [7, 11) is 0. The number of amides is 1. The van der Waals surface area contributed by atoms with Gasteiger partial charge in [-0.3, -0.25) is 9.69 Å². The van der Waals surface area contributed by atoms with E-state index in [2.05, 4.69) is 32.3 Å². The van der Waals surface area contributed by atoms with E-state index >= 15 is 0 Å². The molecular weight excluding hydrogens is 397 g/mol. The standard InChI is InChI=1S/C13H20BrN3OS.2ClH/c1-2-11(15)13(18)17-6-4-16(5-7-17)9-12-10(14)3-8-19-12;;/h3,8,11H,2,4-7,9,15H2,1H3;2*1H. The smallest absolute Gasteiger partial charge is 0.239 e. The summed E-state index contributed by atoms with van der Waals surface area (Å²) in [4.78, 5) is 17.6.